The van der Waals surface area contributed by atoms with Crippen LogP contribution in [0.25, 0.3) is 0 Å². The average Bonchev–Trinajstić information content (AvgIpc) is 1.61. The Labute approximate surface area is 113 Å². The number of hydrogen-bond acceptors (Lipinski definition) is 3. The van der Waals surface area contributed by atoms with Crippen LogP contribution in [0.1, 0.15) is 13.3 Å². The van der Waals surface area contributed by atoms with Crippen molar-refractivity contribution in [3.63, 3.8) is 0 Å². The molecule has 11 heavy (non-hydrogen) atoms. The van der Waals surface area contributed by atoms with E-state index in [4.69, 9.17) is 0 Å². The maximum absolute atomic E-state index is 9.57. The molecule has 8 heteroatoms. The van der Waals surface area contributed by atoms with Crippen molar-refractivity contribution < 1.29 is 39.1 Å². The summed E-state index contributed by atoms with van der Waals surface area (Å²) < 4.78 is 4.14. The van der Waals surface area contributed by atoms with E-state index in [2.05, 4.69) is 4.52 Å². The fraction of sp³-hybridized carbons (Fsp3) is 1.00. The Morgan fingerprint density at radius 3 is 1.64 bits per heavy atom. The van der Waals surface area contributed by atoms with Crippen LogP contribution in [-0.2, 0) is 4.52 Å². The van der Waals surface area contributed by atoms with E-state index in [1.807, 2.05) is 6.92 Å². The molecule has 0 saturated heterocycles. The normalized spacial score (nSPS) is 6.55. The summed E-state index contributed by atoms with van der Waals surface area (Å²) in [7, 11) is -2.61. The van der Waals surface area contributed by atoms with E-state index >= 15 is 0 Å². The van der Waals surface area contributed by atoms with Crippen molar-refractivity contribution in [1.82, 2.24) is 0 Å². The van der Waals surface area contributed by atoms with Crippen LogP contribution >= 0.6 is 8.60 Å². The molecule has 0 amide bonds. The molecule has 0 heterocycles. The molecule has 0 aromatic carbocycles. The summed E-state index contributed by atoms with van der Waals surface area (Å²) in [5.74, 6) is 0. The third-order valence-corrected chi connectivity index (χ3v) is 0.794. The van der Waals surface area contributed by atoms with Gasteiger partial charge in [0.15, 0.2) is 0 Å². The molecule has 0 unspecified atom stereocenters. The summed E-state index contributed by atoms with van der Waals surface area (Å²) in [5, 5.41) is 0. The van der Waals surface area contributed by atoms with Gasteiger partial charge in [-0.05, 0) is 6.42 Å². The molecule has 3 nitrogen and oxygen atoms in total. The van der Waals surface area contributed by atoms with E-state index in [0.29, 0.717) is 6.61 Å². The zero-order valence-corrected chi connectivity index (χ0v) is 11.5. The first-order chi connectivity index (χ1) is 3.27. The summed E-state index contributed by atoms with van der Waals surface area (Å²) in [6.45, 7) is 2.15. The molecule has 0 aliphatic rings. The molecular weight excluding hydrogens is 235 g/mol. The Bertz CT molecular complexity index is 53.6. The second-order valence-corrected chi connectivity index (χ2v) is 1.76. The van der Waals surface area contributed by atoms with Crippen molar-refractivity contribution >= 4 is 54.7 Å². The third kappa shape index (κ3) is 32.7. The molecule has 0 aromatic rings. The fourth-order valence-electron chi connectivity index (χ4n) is 0.166. The first-order valence-electron chi connectivity index (χ1n) is 2.04. The van der Waals surface area contributed by atoms with E-state index < -0.39 is 8.60 Å². The Morgan fingerprint density at radius 2 is 1.55 bits per heavy atom. The molecule has 0 spiro atoms. The van der Waals surface area contributed by atoms with Crippen LogP contribution in [0, 0.1) is 0 Å². The molecule has 60 valence electrons. The van der Waals surface area contributed by atoms with Gasteiger partial charge < -0.3 is 39.1 Å². The van der Waals surface area contributed by atoms with Gasteiger partial charge in [0.25, 0.3) is 0 Å². The minimum absolute atomic E-state index is 0. The van der Waals surface area contributed by atoms with Crippen molar-refractivity contribution in [2.75, 3.05) is 6.61 Å². The van der Waals surface area contributed by atoms with E-state index in [-0.39, 0.29) is 70.9 Å². The van der Waals surface area contributed by atoms with Crippen LogP contribution in [0.2, 0.25) is 0 Å². The van der Waals surface area contributed by atoms with Crippen molar-refractivity contribution in [1.29, 1.82) is 0 Å². The monoisotopic (exact) mass is 240 g/mol. The van der Waals surface area contributed by atoms with Crippen molar-refractivity contribution in [3.05, 3.63) is 0 Å². The van der Waals surface area contributed by atoms with E-state index in [0.717, 1.165) is 6.42 Å². The van der Waals surface area contributed by atoms with E-state index in [1.165, 1.54) is 0 Å². The Kier molecular flexibility index (Phi) is 60.6. The predicted octanol–water partition coefficient (Wildman–Crippen LogP) is -7.39. The predicted molar refractivity (Wildman–Crippen MR) is 34.7 cm³/mol. The van der Waals surface area contributed by atoms with Gasteiger partial charge in [0.1, 0.15) is 0 Å². The fourth-order valence-corrected chi connectivity index (χ4v) is 0.497. The molecule has 0 saturated carbocycles. The second kappa shape index (κ2) is 22.8. The molecule has 0 atom stereocenters. The average molecular weight is 242 g/mol. The first kappa shape index (κ1) is 29.2. The number of hydrogen-bond donors (Lipinski definition) is 0. The smallest absolute Gasteiger partial charge is 1.00 e. The SMILES string of the molecule is CCCOP([O-])[O-].[Cl-].[Cl-].[Mg+2].[Mg+2]. The Morgan fingerprint density at radius 1 is 1.18 bits per heavy atom. The molecule has 0 N–H and O–H groups in total. The summed E-state index contributed by atoms with van der Waals surface area (Å²) in [5.41, 5.74) is 0. The zero-order valence-electron chi connectivity index (χ0n) is 6.26. The molecule has 0 aliphatic carbocycles. The standard InChI is InChI=1S/C3H7O3P.2ClH.2Mg/c1-2-3-6-7(4)5;;;;/h2-3H2,1H3;2*1H;;/q-2;;;2*+2/p-2. The minimum Gasteiger partial charge on any atom is -1.00 e. The van der Waals surface area contributed by atoms with Crippen LogP contribution in [0.15, 0.2) is 0 Å². The summed E-state index contributed by atoms with van der Waals surface area (Å²) >= 11 is 0. The van der Waals surface area contributed by atoms with Gasteiger partial charge in [-0.25, -0.2) is 0 Å². The van der Waals surface area contributed by atoms with Gasteiger partial charge in [-0.1, -0.05) is 6.92 Å². The van der Waals surface area contributed by atoms with Crippen LogP contribution in [0.5, 0.6) is 0 Å². The van der Waals surface area contributed by atoms with Gasteiger partial charge >= 0.3 is 46.1 Å². The van der Waals surface area contributed by atoms with Gasteiger partial charge in [-0.3, -0.25) is 0 Å². The number of rotatable bonds is 3. The molecule has 0 bridgehead atoms. The van der Waals surface area contributed by atoms with Crippen LogP contribution < -0.4 is 34.6 Å². The summed E-state index contributed by atoms with van der Waals surface area (Å²) in [4.78, 5) is 19.1. The van der Waals surface area contributed by atoms with Crippen LogP contribution in [0.3, 0.4) is 0 Å². The third-order valence-electron chi connectivity index (χ3n) is 0.401. The summed E-state index contributed by atoms with van der Waals surface area (Å²) in [6, 6.07) is 0. The largest absolute Gasteiger partial charge is 2.00 e. The van der Waals surface area contributed by atoms with Crippen LogP contribution in [-0.4, -0.2) is 52.7 Å². The number of halogens is 2. The van der Waals surface area contributed by atoms with Gasteiger partial charge in [-0.2, -0.15) is 8.60 Å². The van der Waals surface area contributed by atoms with Gasteiger partial charge in [0.2, 0.25) is 0 Å². The summed E-state index contributed by atoms with van der Waals surface area (Å²) in [6.07, 6.45) is 0.739. The molecular formula is C3H7Cl2Mg2O3P. The quantitative estimate of drug-likeness (QED) is 0.364. The molecule has 0 aliphatic heterocycles. The van der Waals surface area contributed by atoms with E-state index in [9.17, 15) is 9.79 Å². The van der Waals surface area contributed by atoms with Gasteiger partial charge in [0.05, 0.1) is 0 Å². The molecule has 0 rings (SSSR count). The maximum atomic E-state index is 9.57. The molecule has 0 aromatic heterocycles. The van der Waals surface area contributed by atoms with Crippen molar-refractivity contribution in [2.24, 2.45) is 0 Å². The molecule has 0 radical (unpaired) electrons. The van der Waals surface area contributed by atoms with Gasteiger partial charge in [0, 0.05) is 6.61 Å². The maximum Gasteiger partial charge on any atom is 2.00 e. The van der Waals surface area contributed by atoms with Crippen molar-refractivity contribution in [2.45, 2.75) is 13.3 Å². The second-order valence-electron chi connectivity index (χ2n) is 1.06. The van der Waals surface area contributed by atoms with E-state index in [1.54, 1.807) is 0 Å². The first-order valence-corrected chi connectivity index (χ1v) is 3.14. The molecule has 0 fully saturated rings. The van der Waals surface area contributed by atoms with Crippen molar-refractivity contribution in [3.8, 4) is 0 Å². The van der Waals surface area contributed by atoms with Crippen LogP contribution in [0.4, 0.5) is 0 Å². The minimum atomic E-state index is -2.61. The topological polar surface area (TPSA) is 55.3 Å². The Balaban J connectivity index is -0.0000000300. The Hall–Kier alpha value is 2.42. The van der Waals surface area contributed by atoms with Gasteiger partial charge in [-0.15, -0.1) is 0 Å². The zero-order chi connectivity index (χ0) is 5.70.